The van der Waals surface area contributed by atoms with Crippen LogP contribution in [0, 0.1) is 0 Å². The smallest absolute Gasteiger partial charge is 0.0297 e. The molecule has 0 amide bonds. The Kier molecular flexibility index (Phi) is 3.62. The first-order valence-electron chi connectivity index (χ1n) is 6.91. The lowest BCUT2D eigenvalue weighted by Crippen LogP contribution is -2.56. The fourth-order valence-electron chi connectivity index (χ4n) is 2.79. The van der Waals surface area contributed by atoms with Crippen molar-refractivity contribution in [2.75, 3.05) is 19.6 Å². The Morgan fingerprint density at radius 3 is 1.79 bits per heavy atom. The second-order valence-electron chi connectivity index (χ2n) is 5.35. The largest absolute Gasteiger partial charge is 0.325 e. The van der Waals surface area contributed by atoms with Gasteiger partial charge in [-0.3, -0.25) is 4.90 Å². The molecule has 2 N–H and O–H groups in total. The first kappa shape index (κ1) is 12.4. The summed E-state index contributed by atoms with van der Waals surface area (Å²) in [6, 6.07) is 21.9. The molecule has 2 aromatic rings. The van der Waals surface area contributed by atoms with Gasteiger partial charge in [0.2, 0.25) is 0 Å². The van der Waals surface area contributed by atoms with E-state index in [1.54, 1.807) is 0 Å². The van der Waals surface area contributed by atoms with Crippen LogP contribution in [0.15, 0.2) is 60.7 Å². The van der Waals surface area contributed by atoms with Crippen molar-refractivity contribution in [1.82, 2.24) is 4.90 Å². The number of nitrogens with two attached hydrogens (primary N) is 1. The van der Waals surface area contributed by atoms with Gasteiger partial charge in [0, 0.05) is 31.6 Å². The molecule has 0 bridgehead atoms. The van der Waals surface area contributed by atoms with E-state index in [0.29, 0.717) is 12.0 Å². The van der Waals surface area contributed by atoms with E-state index in [4.69, 9.17) is 5.73 Å². The summed E-state index contributed by atoms with van der Waals surface area (Å²) in [5.41, 5.74) is 8.65. The number of likely N-dealkylation sites (tertiary alicyclic amines) is 1. The zero-order valence-corrected chi connectivity index (χ0v) is 11.1. The summed E-state index contributed by atoms with van der Waals surface area (Å²) in [5, 5.41) is 0. The van der Waals surface area contributed by atoms with Crippen molar-refractivity contribution in [1.29, 1.82) is 0 Å². The molecule has 2 aromatic carbocycles. The Labute approximate surface area is 114 Å². The zero-order chi connectivity index (χ0) is 13.1. The van der Waals surface area contributed by atoms with Crippen LogP contribution in [0.25, 0.3) is 0 Å². The van der Waals surface area contributed by atoms with Gasteiger partial charge in [0.25, 0.3) is 0 Å². The van der Waals surface area contributed by atoms with Crippen LogP contribution in [0.1, 0.15) is 17.0 Å². The van der Waals surface area contributed by atoms with Crippen molar-refractivity contribution in [2.45, 2.75) is 12.0 Å². The molecule has 0 aliphatic carbocycles. The Bertz CT molecular complexity index is 464. The zero-order valence-electron chi connectivity index (χ0n) is 11.1. The molecule has 98 valence electrons. The van der Waals surface area contributed by atoms with E-state index in [-0.39, 0.29) is 0 Å². The fraction of sp³-hybridized carbons (Fsp3) is 0.294. The van der Waals surface area contributed by atoms with Crippen LogP contribution in [0.2, 0.25) is 0 Å². The van der Waals surface area contributed by atoms with E-state index < -0.39 is 0 Å². The summed E-state index contributed by atoms with van der Waals surface area (Å²) < 4.78 is 0. The SMILES string of the molecule is NC1CN(CC(c2ccccc2)c2ccccc2)C1. The van der Waals surface area contributed by atoms with Crippen LogP contribution in [0.5, 0.6) is 0 Å². The monoisotopic (exact) mass is 252 g/mol. The van der Waals surface area contributed by atoms with E-state index in [9.17, 15) is 0 Å². The quantitative estimate of drug-likeness (QED) is 0.905. The first-order chi connectivity index (χ1) is 9.33. The van der Waals surface area contributed by atoms with Crippen molar-refractivity contribution < 1.29 is 0 Å². The molecule has 3 rings (SSSR count). The number of hydrogen-bond donors (Lipinski definition) is 1. The Morgan fingerprint density at radius 1 is 0.895 bits per heavy atom. The molecule has 1 fully saturated rings. The van der Waals surface area contributed by atoms with Gasteiger partial charge < -0.3 is 5.73 Å². The number of rotatable bonds is 4. The Balaban J connectivity index is 1.83. The molecule has 1 heterocycles. The summed E-state index contributed by atoms with van der Waals surface area (Å²) in [4.78, 5) is 2.44. The summed E-state index contributed by atoms with van der Waals surface area (Å²) in [6.45, 7) is 3.11. The minimum Gasteiger partial charge on any atom is -0.325 e. The topological polar surface area (TPSA) is 29.3 Å². The van der Waals surface area contributed by atoms with Crippen LogP contribution >= 0.6 is 0 Å². The molecule has 0 radical (unpaired) electrons. The summed E-state index contributed by atoms with van der Waals surface area (Å²) in [5.74, 6) is 0.440. The van der Waals surface area contributed by atoms with Crippen LogP contribution in [0.4, 0.5) is 0 Å². The lowest BCUT2D eigenvalue weighted by atomic mass is 9.89. The van der Waals surface area contributed by atoms with E-state index >= 15 is 0 Å². The molecule has 0 atom stereocenters. The molecule has 0 spiro atoms. The highest BCUT2D eigenvalue weighted by molar-refractivity contribution is 5.32. The van der Waals surface area contributed by atoms with Crippen molar-refractivity contribution in [2.24, 2.45) is 5.73 Å². The van der Waals surface area contributed by atoms with Crippen molar-refractivity contribution in [3.05, 3.63) is 71.8 Å². The van der Waals surface area contributed by atoms with Gasteiger partial charge in [-0.1, -0.05) is 60.7 Å². The van der Waals surface area contributed by atoms with Gasteiger partial charge in [-0.2, -0.15) is 0 Å². The average molecular weight is 252 g/mol. The molecule has 19 heavy (non-hydrogen) atoms. The summed E-state index contributed by atoms with van der Waals surface area (Å²) in [7, 11) is 0. The van der Waals surface area contributed by atoms with Gasteiger partial charge in [0.1, 0.15) is 0 Å². The Hall–Kier alpha value is -1.64. The maximum Gasteiger partial charge on any atom is 0.0297 e. The highest BCUT2D eigenvalue weighted by atomic mass is 15.2. The second kappa shape index (κ2) is 5.55. The molecule has 1 saturated heterocycles. The predicted octanol–water partition coefficient (Wildman–Crippen LogP) is 2.46. The molecular weight excluding hydrogens is 232 g/mol. The third-order valence-electron chi connectivity index (χ3n) is 3.83. The van der Waals surface area contributed by atoms with Gasteiger partial charge in [0.15, 0.2) is 0 Å². The predicted molar refractivity (Wildman–Crippen MR) is 79.1 cm³/mol. The van der Waals surface area contributed by atoms with E-state index in [2.05, 4.69) is 65.6 Å². The van der Waals surface area contributed by atoms with E-state index in [1.165, 1.54) is 11.1 Å². The maximum absolute atomic E-state index is 5.88. The van der Waals surface area contributed by atoms with Crippen LogP contribution in [0.3, 0.4) is 0 Å². The van der Waals surface area contributed by atoms with Gasteiger partial charge in [-0.25, -0.2) is 0 Å². The number of benzene rings is 2. The molecular formula is C17H20N2. The highest BCUT2D eigenvalue weighted by Crippen LogP contribution is 2.26. The lowest BCUT2D eigenvalue weighted by Gasteiger charge is -2.39. The third kappa shape index (κ3) is 2.86. The number of nitrogens with zero attached hydrogens (tertiary/aromatic N) is 1. The van der Waals surface area contributed by atoms with E-state index in [1.807, 2.05) is 0 Å². The van der Waals surface area contributed by atoms with Crippen molar-refractivity contribution >= 4 is 0 Å². The summed E-state index contributed by atoms with van der Waals surface area (Å²) >= 11 is 0. The van der Waals surface area contributed by atoms with Crippen molar-refractivity contribution in [3.63, 3.8) is 0 Å². The maximum atomic E-state index is 5.88. The minimum atomic E-state index is 0.368. The molecule has 1 aliphatic rings. The van der Waals surface area contributed by atoms with Gasteiger partial charge >= 0.3 is 0 Å². The number of hydrogen-bond acceptors (Lipinski definition) is 2. The Morgan fingerprint density at radius 2 is 1.37 bits per heavy atom. The van der Waals surface area contributed by atoms with Gasteiger partial charge in [-0.15, -0.1) is 0 Å². The van der Waals surface area contributed by atoms with E-state index in [0.717, 1.165) is 19.6 Å². The molecule has 2 heteroatoms. The standard InChI is InChI=1S/C17H20N2/c18-16-11-19(12-16)13-17(14-7-3-1-4-8-14)15-9-5-2-6-10-15/h1-10,16-17H,11-13,18H2. The van der Waals surface area contributed by atoms with Crippen LogP contribution in [-0.2, 0) is 0 Å². The van der Waals surface area contributed by atoms with Crippen LogP contribution in [-0.4, -0.2) is 30.6 Å². The molecule has 0 unspecified atom stereocenters. The molecule has 0 aromatic heterocycles. The fourth-order valence-corrected chi connectivity index (χ4v) is 2.79. The minimum absolute atomic E-state index is 0.368. The second-order valence-corrected chi connectivity index (χ2v) is 5.35. The first-order valence-corrected chi connectivity index (χ1v) is 6.91. The molecule has 1 aliphatic heterocycles. The normalized spacial score (nSPS) is 16.5. The van der Waals surface area contributed by atoms with Crippen molar-refractivity contribution in [3.8, 4) is 0 Å². The third-order valence-corrected chi connectivity index (χ3v) is 3.83. The van der Waals surface area contributed by atoms with Gasteiger partial charge in [-0.05, 0) is 11.1 Å². The van der Waals surface area contributed by atoms with Gasteiger partial charge in [0.05, 0.1) is 0 Å². The summed E-state index contributed by atoms with van der Waals surface area (Å²) in [6.07, 6.45) is 0. The lowest BCUT2D eigenvalue weighted by molar-refractivity contribution is 0.146. The molecule has 0 saturated carbocycles. The van der Waals surface area contributed by atoms with Crippen LogP contribution < -0.4 is 5.73 Å². The highest BCUT2D eigenvalue weighted by Gasteiger charge is 2.26. The molecule has 2 nitrogen and oxygen atoms in total. The average Bonchev–Trinajstić information content (AvgIpc) is 2.44.